The van der Waals surface area contributed by atoms with Gasteiger partial charge in [-0.15, -0.1) is 21.8 Å². The van der Waals surface area contributed by atoms with E-state index in [1.54, 1.807) is 14.2 Å². The third-order valence-electron chi connectivity index (χ3n) is 2.94. The van der Waals surface area contributed by atoms with Crippen molar-refractivity contribution in [2.24, 2.45) is 13.0 Å². The Morgan fingerprint density at radius 3 is 2.74 bits per heavy atom. The molecule has 2 aromatic rings. The number of aryl methyl sites for hydroxylation is 1. The highest BCUT2D eigenvalue weighted by molar-refractivity contribution is 6.18. The summed E-state index contributed by atoms with van der Waals surface area (Å²) in [5, 5.41) is 12.0. The van der Waals surface area contributed by atoms with Gasteiger partial charge in [-0.3, -0.25) is 0 Å². The minimum atomic E-state index is 0.266. The number of benzene rings is 1. The summed E-state index contributed by atoms with van der Waals surface area (Å²) in [6.45, 7) is 0. The molecule has 2 rings (SSSR count). The molecule has 1 aromatic carbocycles. The molecular formula is C13H17ClN4O. The number of aromatic nitrogens is 4. The second-order valence-corrected chi connectivity index (χ2v) is 4.74. The van der Waals surface area contributed by atoms with Crippen LogP contribution in [0.25, 0.3) is 0 Å². The minimum Gasteiger partial charge on any atom is -0.496 e. The van der Waals surface area contributed by atoms with Crippen molar-refractivity contribution in [3.63, 3.8) is 0 Å². The standard InChI is InChI=1S/C13H17ClN4O/c1-18-16-13(15-17-18)8-10(9-14)7-11-5-3-4-6-12(11)19-2/h3-6,10H,7-9H2,1-2H3. The van der Waals surface area contributed by atoms with Crippen LogP contribution < -0.4 is 4.74 Å². The van der Waals surface area contributed by atoms with Crippen LogP contribution in [-0.2, 0) is 19.9 Å². The third kappa shape index (κ3) is 3.67. The van der Waals surface area contributed by atoms with Gasteiger partial charge in [0.1, 0.15) is 5.75 Å². The zero-order valence-corrected chi connectivity index (χ0v) is 11.8. The largest absolute Gasteiger partial charge is 0.496 e. The summed E-state index contributed by atoms with van der Waals surface area (Å²) in [4.78, 5) is 1.46. The maximum absolute atomic E-state index is 6.05. The summed E-state index contributed by atoms with van der Waals surface area (Å²) in [6.07, 6.45) is 1.56. The highest BCUT2D eigenvalue weighted by Gasteiger charge is 2.15. The predicted molar refractivity (Wildman–Crippen MR) is 73.4 cm³/mol. The van der Waals surface area contributed by atoms with Crippen molar-refractivity contribution in [2.75, 3.05) is 13.0 Å². The fraction of sp³-hybridized carbons (Fsp3) is 0.462. The number of hydrogen-bond acceptors (Lipinski definition) is 4. The molecule has 0 aliphatic rings. The molecule has 0 aliphatic heterocycles. The van der Waals surface area contributed by atoms with E-state index in [0.29, 0.717) is 5.88 Å². The van der Waals surface area contributed by atoms with Gasteiger partial charge in [0.15, 0.2) is 5.82 Å². The van der Waals surface area contributed by atoms with Gasteiger partial charge >= 0.3 is 0 Å². The molecule has 102 valence electrons. The normalized spacial score (nSPS) is 12.4. The van der Waals surface area contributed by atoms with Crippen LogP contribution in [0.3, 0.4) is 0 Å². The van der Waals surface area contributed by atoms with Gasteiger partial charge in [0.25, 0.3) is 0 Å². The summed E-state index contributed by atoms with van der Waals surface area (Å²) >= 11 is 6.05. The van der Waals surface area contributed by atoms with Crippen LogP contribution in [0.5, 0.6) is 5.75 Å². The summed E-state index contributed by atoms with van der Waals surface area (Å²) in [7, 11) is 3.44. The number of methoxy groups -OCH3 is 1. The summed E-state index contributed by atoms with van der Waals surface area (Å²) in [5.41, 5.74) is 1.15. The molecule has 19 heavy (non-hydrogen) atoms. The first-order valence-electron chi connectivity index (χ1n) is 6.13. The molecule has 1 atom stereocenters. The average Bonchev–Trinajstić information content (AvgIpc) is 2.84. The number of ether oxygens (including phenoxy) is 1. The van der Waals surface area contributed by atoms with E-state index in [-0.39, 0.29) is 5.92 Å². The number of rotatable bonds is 6. The summed E-state index contributed by atoms with van der Waals surface area (Å²) in [6, 6.07) is 7.98. The molecule has 6 heteroatoms. The van der Waals surface area contributed by atoms with E-state index in [9.17, 15) is 0 Å². The SMILES string of the molecule is COc1ccccc1CC(CCl)Cc1nnn(C)n1. The van der Waals surface area contributed by atoms with Crippen LogP contribution in [0.15, 0.2) is 24.3 Å². The average molecular weight is 281 g/mol. The van der Waals surface area contributed by atoms with Gasteiger partial charge in [0, 0.05) is 12.3 Å². The lowest BCUT2D eigenvalue weighted by Gasteiger charge is -2.14. The molecule has 0 bridgehead atoms. The molecule has 0 saturated carbocycles. The molecule has 0 N–H and O–H groups in total. The van der Waals surface area contributed by atoms with Gasteiger partial charge in [-0.05, 0) is 29.2 Å². The smallest absolute Gasteiger partial charge is 0.175 e. The van der Waals surface area contributed by atoms with Crippen molar-refractivity contribution in [3.8, 4) is 5.75 Å². The molecule has 0 amide bonds. The van der Waals surface area contributed by atoms with E-state index in [2.05, 4.69) is 21.5 Å². The molecule has 0 radical (unpaired) electrons. The predicted octanol–water partition coefficient (Wildman–Crippen LogP) is 1.86. The minimum absolute atomic E-state index is 0.266. The Labute approximate surface area is 117 Å². The van der Waals surface area contributed by atoms with Crippen LogP contribution in [-0.4, -0.2) is 33.2 Å². The number of tetrazole rings is 1. The lowest BCUT2D eigenvalue weighted by molar-refractivity contribution is 0.405. The number of nitrogens with zero attached hydrogens (tertiary/aromatic N) is 4. The van der Waals surface area contributed by atoms with Crippen molar-refractivity contribution >= 4 is 11.6 Å². The lowest BCUT2D eigenvalue weighted by Crippen LogP contribution is -2.12. The maximum atomic E-state index is 6.05. The van der Waals surface area contributed by atoms with Crippen molar-refractivity contribution in [2.45, 2.75) is 12.8 Å². The lowest BCUT2D eigenvalue weighted by atomic mass is 9.97. The second-order valence-electron chi connectivity index (χ2n) is 4.44. The number of halogens is 1. The topological polar surface area (TPSA) is 52.8 Å². The van der Waals surface area contributed by atoms with Crippen molar-refractivity contribution in [1.29, 1.82) is 0 Å². The molecule has 0 saturated heterocycles. The van der Waals surface area contributed by atoms with Crippen molar-refractivity contribution < 1.29 is 4.74 Å². The maximum Gasteiger partial charge on any atom is 0.175 e. The van der Waals surface area contributed by atoms with Gasteiger partial charge in [-0.1, -0.05) is 18.2 Å². The van der Waals surface area contributed by atoms with Crippen LogP contribution in [0, 0.1) is 5.92 Å². The Kier molecular flexibility index (Phi) is 4.74. The molecular weight excluding hydrogens is 264 g/mol. The van der Waals surface area contributed by atoms with Crippen LogP contribution in [0.4, 0.5) is 0 Å². The molecule has 5 nitrogen and oxygen atoms in total. The molecule has 0 fully saturated rings. The first kappa shape index (κ1) is 13.8. The van der Waals surface area contributed by atoms with E-state index in [4.69, 9.17) is 16.3 Å². The number of para-hydroxylation sites is 1. The Morgan fingerprint density at radius 2 is 2.11 bits per heavy atom. The van der Waals surface area contributed by atoms with Gasteiger partial charge in [-0.25, -0.2) is 0 Å². The van der Waals surface area contributed by atoms with Crippen LogP contribution >= 0.6 is 11.6 Å². The summed E-state index contributed by atoms with van der Waals surface area (Å²) in [5.74, 6) is 2.44. The molecule has 1 heterocycles. The van der Waals surface area contributed by atoms with E-state index >= 15 is 0 Å². The Morgan fingerprint density at radius 1 is 1.32 bits per heavy atom. The Bertz CT molecular complexity index is 529. The third-order valence-corrected chi connectivity index (χ3v) is 3.38. The fourth-order valence-corrected chi connectivity index (χ4v) is 2.25. The molecule has 1 aromatic heterocycles. The van der Waals surface area contributed by atoms with E-state index < -0.39 is 0 Å². The van der Waals surface area contributed by atoms with E-state index in [1.807, 2.05) is 18.2 Å². The Hall–Kier alpha value is -1.62. The highest BCUT2D eigenvalue weighted by atomic mass is 35.5. The van der Waals surface area contributed by atoms with Crippen LogP contribution in [0.1, 0.15) is 11.4 Å². The Balaban J connectivity index is 2.06. The first-order chi connectivity index (χ1) is 9.22. The van der Waals surface area contributed by atoms with E-state index in [1.165, 1.54) is 4.80 Å². The van der Waals surface area contributed by atoms with Gasteiger partial charge in [0.2, 0.25) is 0 Å². The van der Waals surface area contributed by atoms with E-state index in [0.717, 1.165) is 30.0 Å². The highest BCUT2D eigenvalue weighted by Crippen LogP contribution is 2.22. The van der Waals surface area contributed by atoms with Gasteiger partial charge < -0.3 is 4.74 Å². The molecule has 0 aliphatic carbocycles. The quantitative estimate of drug-likeness (QED) is 0.758. The van der Waals surface area contributed by atoms with Gasteiger partial charge in [0.05, 0.1) is 14.2 Å². The van der Waals surface area contributed by atoms with Crippen LogP contribution in [0.2, 0.25) is 0 Å². The molecule has 0 spiro atoms. The first-order valence-corrected chi connectivity index (χ1v) is 6.67. The monoisotopic (exact) mass is 280 g/mol. The number of alkyl halides is 1. The van der Waals surface area contributed by atoms with Crippen molar-refractivity contribution in [1.82, 2.24) is 20.2 Å². The molecule has 1 unspecified atom stereocenters. The zero-order valence-electron chi connectivity index (χ0n) is 11.1. The van der Waals surface area contributed by atoms with Gasteiger partial charge in [-0.2, -0.15) is 4.80 Å². The fourth-order valence-electron chi connectivity index (χ4n) is 2.03. The van der Waals surface area contributed by atoms with Crippen molar-refractivity contribution in [3.05, 3.63) is 35.7 Å². The number of hydrogen-bond donors (Lipinski definition) is 0. The zero-order chi connectivity index (χ0) is 13.7. The second kappa shape index (κ2) is 6.52. The summed E-state index contributed by atoms with van der Waals surface area (Å²) < 4.78 is 5.35.